The fraction of sp³-hybridized carbons (Fsp3) is 0.667. The average molecular weight is 376 g/mol. The van der Waals surface area contributed by atoms with Crippen molar-refractivity contribution in [2.75, 3.05) is 67.0 Å². The first kappa shape index (κ1) is 21.5. The van der Waals surface area contributed by atoms with E-state index in [1.807, 2.05) is 26.1 Å². The van der Waals surface area contributed by atoms with Gasteiger partial charge >= 0.3 is 0 Å². The molecule has 27 heavy (non-hydrogen) atoms. The van der Waals surface area contributed by atoms with E-state index < -0.39 is 0 Å². The van der Waals surface area contributed by atoms with E-state index in [1.54, 1.807) is 0 Å². The molecule has 0 saturated carbocycles. The topological polar surface area (TPSA) is 43.3 Å². The summed E-state index contributed by atoms with van der Waals surface area (Å²) in [6.45, 7) is 12.6. The maximum absolute atomic E-state index is 5.51. The molecule has 152 valence electrons. The van der Waals surface area contributed by atoms with Crippen molar-refractivity contribution in [1.82, 2.24) is 20.0 Å². The predicted octanol–water partition coefficient (Wildman–Crippen LogP) is 1.98. The van der Waals surface area contributed by atoms with E-state index in [0.717, 1.165) is 31.3 Å². The van der Waals surface area contributed by atoms with E-state index >= 15 is 0 Å². The highest BCUT2D eigenvalue weighted by Gasteiger charge is 2.16. The number of likely N-dealkylation sites (N-methyl/N-ethyl adjacent to an activating group) is 1. The van der Waals surface area contributed by atoms with Crippen LogP contribution >= 0.6 is 0 Å². The Morgan fingerprint density at radius 1 is 1.22 bits per heavy atom. The smallest absolute Gasteiger partial charge is 0.193 e. The molecule has 2 rings (SSSR count). The molecule has 1 heterocycles. The van der Waals surface area contributed by atoms with Gasteiger partial charge in [-0.25, -0.2) is 0 Å². The molecular formula is C21H37N5O. The first-order chi connectivity index (χ1) is 13.0. The van der Waals surface area contributed by atoms with Gasteiger partial charge in [-0.05, 0) is 37.6 Å². The summed E-state index contributed by atoms with van der Waals surface area (Å²) < 4.78 is 5.51. The van der Waals surface area contributed by atoms with Crippen molar-refractivity contribution in [2.45, 2.75) is 20.4 Å². The highest BCUT2D eigenvalue weighted by atomic mass is 16.5. The van der Waals surface area contributed by atoms with E-state index in [4.69, 9.17) is 4.74 Å². The molecule has 1 fully saturated rings. The Hall–Kier alpha value is -1.79. The monoisotopic (exact) mass is 375 g/mol. The third-order valence-electron chi connectivity index (χ3n) is 5.00. The van der Waals surface area contributed by atoms with Gasteiger partial charge in [0.25, 0.3) is 0 Å². The normalized spacial score (nSPS) is 17.6. The van der Waals surface area contributed by atoms with Crippen LogP contribution in [0.25, 0.3) is 0 Å². The van der Waals surface area contributed by atoms with Crippen LogP contribution in [-0.4, -0.2) is 87.7 Å². The number of hydrogen-bond donors (Lipinski definition) is 1. The van der Waals surface area contributed by atoms with Gasteiger partial charge in [0.1, 0.15) is 5.75 Å². The van der Waals surface area contributed by atoms with Crippen LogP contribution in [0.4, 0.5) is 0 Å². The molecule has 0 radical (unpaired) electrons. The summed E-state index contributed by atoms with van der Waals surface area (Å²) in [5, 5.41) is 3.53. The largest absolute Gasteiger partial charge is 0.494 e. The van der Waals surface area contributed by atoms with Gasteiger partial charge in [0.05, 0.1) is 6.61 Å². The van der Waals surface area contributed by atoms with Gasteiger partial charge in [-0.3, -0.25) is 4.99 Å². The second-order valence-corrected chi connectivity index (χ2v) is 7.57. The Morgan fingerprint density at radius 3 is 2.48 bits per heavy atom. The third kappa shape index (κ3) is 7.39. The van der Waals surface area contributed by atoms with Gasteiger partial charge in [-0.1, -0.05) is 19.1 Å². The van der Waals surface area contributed by atoms with Crippen molar-refractivity contribution in [3.05, 3.63) is 29.8 Å². The summed E-state index contributed by atoms with van der Waals surface area (Å²) in [5.41, 5.74) is 1.24. The number of aliphatic imine (C=N–C) groups is 1. The molecule has 1 aromatic rings. The number of nitrogens with one attached hydrogen (secondary N) is 1. The van der Waals surface area contributed by atoms with Crippen molar-refractivity contribution in [2.24, 2.45) is 10.9 Å². The van der Waals surface area contributed by atoms with E-state index in [2.05, 4.69) is 58.2 Å². The Labute approximate surface area is 165 Å². The van der Waals surface area contributed by atoms with Crippen LogP contribution in [0.15, 0.2) is 29.3 Å². The van der Waals surface area contributed by atoms with Crippen LogP contribution in [0.2, 0.25) is 0 Å². The Morgan fingerprint density at radius 2 is 1.89 bits per heavy atom. The second kappa shape index (κ2) is 11.1. The standard InChI is InChI=1S/C21H37N5O/c1-6-27-20-9-7-19(8-10-20)17-25(5)21(22-3)23-15-18(2)16-26-13-11-24(4)12-14-26/h7-10,18H,6,11-17H2,1-5H3,(H,22,23). The van der Waals surface area contributed by atoms with Gasteiger partial charge in [0, 0.05) is 59.9 Å². The molecule has 0 bridgehead atoms. The van der Waals surface area contributed by atoms with Gasteiger partial charge < -0.3 is 24.8 Å². The summed E-state index contributed by atoms with van der Waals surface area (Å²) in [4.78, 5) is 11.6. The van der Waals surface area contributed by atoms with E-state index in [-0.39, 0.29) is 0 Å². The number of rotatable bonds is 8. The maximum Gasteiger partial charge on any atom is 0.193 e. The molecule has 1 saturated heterocycles. The minimum absolute atomic E-state index is 0.587. The summed E-state index contributed by atoms with van der Waals surface area (Å²) in [6.07, 6.45) is 0. The molecule has 1 aliphatic rings. The molecule has 1 N–H and O–H groups in total. The van der Waals surface area contributed by atoms with Crippen molar-refractivity contribution in [3.63, 3.8) is 0 Å². The average Bonchev–Trinajstić information content (AvgIpc) is 2.66. The lowest BCUT2D eigenvalue weighted by atomic mass is 10.1. The lowest BCUT2D eigenvalue weighted by Gasteiger charge is -2.34. The first-order valence-electron chi connectivity index (χ1n) is 10.1. The highest BCUT2D eigenvalue weighted by Crippen LogP contribution is 2.13. The van der Waals surface area contributed by atoms with Gasteiger partial charge in [0.2, 0.25) is 0 Å². The van der Waals surface area contributed by atoms with Crippen LogP contribution in [0, 0.1) is 5.92 Å². The molecule has 1 aromatic carbocycles. The van der Waals surface area contributed by atoms with Crippen LogP contribution < -0.4 is 10.1 Å². The summed E-state index contributed by atoms with van der Waals surface area (Å²) in [6, 6.07) is 8.29. The molecule has 0 amide bonds. The van der Waals surface area contributed by atoms with Crippen molar-refractivity contribution in [3.8, 4) is 5.75 Å². The van der Waals surface area contributed by atoms with E-state index in [1.165, 1.54) is 31.7 Å². The molecule has 0 spiro atoms. The minimum atomic E-state index is 0.587. The summed E-state index contributed by atoms with van der Waals surface area (Å²) >= 11 is 0. The van der Waals surface area contributed by atoms with E-state index in [9.17, 15) is 0 Å². The number of ether oxygens (including phenoxy) is 1. The molecule has 6 heteroatoms. The number of benzene rings is 1. The number of hydrogen-bond acceptors (Lipinski definition) is 4. The second-order valence-electron chi connectivity index (χ2n) is 7.57. The van der Waals surface area contributed by atoms with Gasteiger partial charge in [0.15, 0.2) is 5.96 Å². The quantitative estimate of drug-likeness (QED) is 0.556. The SMILES string of the molecule is CCOc1ccc(CN(C)C(=NC)NCC(C)CN2CCN(C)CC2)cc1. The van der Waals surface area contributed by atoms with Crippen LogP contribution in [0.3, 0.4) is 0 Å². The third-order valence-corrected chi connectivity index (χ3v) is 5.00. The lowest BCUT2D eigenvalue weighted by molar-refractivity contribution is 0.139. The van der Waals surface area contributed by atoms with E-state index in [0.29, 0.717) is 12.5 Å². The van der Waals surface area contributed by atoms with Crippen molar-refractivity contribution in [1.29, 1.82) is 0 Å². The Balaban J connectivity index is 1.76. The first-order valence-corrected chi connectivity index (χ1v) is 10.1. The Bertz CT molecular complexity index is 566. The number of nitrogens with zero attached hydrogens (tertiary/aromatic N) is 4. The van der Waals surface area contributed by atoms with Crippen molar-refractivity contribution < 1.29 is 4.74 Å². The molecule has 1 aliphatic heterocycles. The summed E-state index contributed by atoms with van der Waals surface area (Å²) in [5.74, 6) is 2.45. The molecule has 0 aliphatic carbocycles. The molecule has 6 nitrogen and oxygen atoms in total. The minimum Gasteiger partial charge on any atom is -0.494 e. The van der Waals surface area contributed by atoms with Crippen LogP contribution in [-0.2, 0) is 6.54 Å². The molecule has 1 atom stereocenters. The maximum atomic E-state index is 5.51. The predicted molar refractivity (Wildman–Crippen MR) is 114 cm³/mol. The van der Waals surface area contributed by atoms with Gasteiger partial charge in [-0.15, -0.1) is 0 Å². The molecular weight excluding hydrogens is 338 g/mol. The fourth-order valence-corrected chi connectivity index (χ4v) is 3.39. The fourth-order valence-electron chi connectivity index (χ4n) is 3.39. The number of piperazine rings is 1. The highest BCUT2D eigenvalue weighted by molar-refractivity contribution is 5.79. The summed E-state index contributed by atoms with van der Waals surface area (Å²) in [7, 11) is 6.13. The Kier molecular flexibility index (Phi) is 8.88. The lowest BCUT2D eigenvalue weighted by Crippen LogP contribution is -2.47. The van der Waals surface area contributed by atoms with Gasteiger partial charge in [-0.2, -0.15) is 0 Å². The van der Waals surface area contributed by atoms with Crippen LogP contribution in [0.1, 0.15) is 19.4 Å². The number of guanidine groups is 1. The zero-order valence-electron chi connectivity index (χ0n) is 17.7. The zero-order valence-corrected chi connectivity index (χ0v) is 17.7. The molecule has 1 unspecified atom stereocenters. The van der Waals surface area contributed by atoms with Crippen molar-refractivity contribution >= 4 is 5.96 Å². The van der Waals surface area contributed by atoms with Crippen LogP contribution in [0.5, 0.6) is 5.75 Å². The molecule has 0 aromatic heterocycles. The zero-order chi connectivity index (χ0) is 19.6.